The number of thiazole rings is 1. The van der Waals surface area contributed by atoms with Crippen molar-refractivity contribution in [1.29, 1.82) is 5.26 Å². The lowest BCUT2D eigenvalue weighted by Crippen LogP contribution is -2.74. The summed E-state index contributed by atoms with van der Waals surface area (Å²) in [6, 6.07) is 19.9. The summed E-state index contributed by atoms with van der Waals surface area (Å²) in [5.74, 6) is -1.67. The number of benzene rings is 3. The van der Waals surface area contributed by atoms with Crippen LogP contribution in [0.2, 0.25) is 5.02 Å². The average molecular weight is 1040 g/mol. The van der Waals surface area contributed by atoms with Crippen LogP contribution in [0.3, 0.4) is 0 Å². The van der Waals surface area contributed by atoms with Crippen LogP contribution < -0.4 is 26.0 Å². The summed E-state index contributed by atoms with van der Waals surface area (Å²) in [6.45, 7) is 21.9. The molecule has 4 amide bonds. The van der Waals surface area contributed by atoms with Crippen LogP contribution in [0.5, 0.6) is 5.75 Å². The summed E-state index contributed by atoms with van der Waals surface area (Å²) in [7, 11) is 0. The third kappa shape index (κ3) is 13.8. The van der Waals surface area contributed by atoms with Crippen molar-refractivity contribution in [3.8, 4) is 22.3 Å². The highest BCUT2D eigenvalue weighted by atomic mass is 35.5. The Balaban J connectivity index is 0.930. The number of carbonyl (C=O) groups is 5. The summed E-state index contributed by atoms with van der Waals surface area (Å²) in [6.07, 6.45) is 1.62. The van der Waals surface area contributed by atoms with Gasteiger partial charge in [0.2, 0.25) is 17.7 Å². The number of nitriles is 1. The first kappa shape index (κ1) is 56.3. The van der Waals surface area contributed by atoms with Gasteiger partial charge in [0.25, 0.3) is 5.91 Å². The number of esters is 1. The van der Waals surface area contributed by atoms with Crippen molar-refractivity contribution in [1.82, 2.24) is 25.8 Å². The molecule has 0 spiro atoms. The molecule has 2 fully saturated rings. The van der Waals surface area contributed by atoms with Gasteiger partial charge < -0.3 is 40.4 Å². The number of anilines is 1. The molecule has 15 nitrogen and oxygen atoms in total. The Kier molecular flexibility index (Phi) is 18.4. The number of rotatable bonds is 21. The molecule has 6 rings (SSSR count). The summed E-state index contributed by atoms with van der Waals surface area (Å²) >= 11 is 7.82. The van der Waals surface area contributed by atoms with Crippen LogP contribution in [0.4, 0.5) is 5.69 Å². The molecular weight excluding hydrogens is 966 g/mol. The highest BCUT2D eigenvalue weighted by Crippen LogP contribution is 2.55. The van der Waals surface area contributed by atoms with Crippen molar-refractivity contribution in [2.75, 3.05) is 31.6 Å². The zero-order valence-corrected chi connectivity index (χ0v) is 45.6. The normalized spacial score (nSPS) is 19.7. The van der Waals surface area contributed by atoms with E-state index in [2.05, 4.69) is 60.0 Å². The van der Waals surface area contributed by atoms with E-state index >= 15 is 0 Å². The van der Waals surface area contributed by atoms with Gasteiger partial charge in [0.15, 0.2) is 0 Å². The summed E-state index contributed by atoms with van der Waals surface area (Å²) < 4.78 is 17.9. The number of hydrogen-bond donors (Lipinski definition) is 4. The molecule has 3 aromatic carbocycles. The summed E-state index contributed by atoms with van der Waals surface area (Å²) in [5.41, 5.74) is 5.00. The topological polar surface area (TPSA) is 201 Å². The molecule has 392 valence electrons. The predicted molar refractivity (Wildman–Crippen MR) is 284 cm³/mol. The molecule has 1 aliphatic heterocycles. The molecule has 1 saturated heterocycles. The van der Waals surface area contributed by atoms with E-state index in [0.29, 0.717) is 41.5 Å². The number of hydrogen-bond acceptors (Lipinski definition) is 12. The van der Waals surface area contributed by atoms with Crippen LogP contribution in [-0.2, 0) is 28.7 Å². The minimum atomic E-state index is -0.995. The summed E-state index contributed by atoms with van der Waals surface area (Å²) in [5, 5.41) is 22.1. The SMILES string of the molecule is Cc1ncsc1-c1ccc([C@H](C)NC(=O)[C@@H]2C[C@@H](OC(=O)C(C)C)CN2C(=O)[C@@H](NC(=O)COCCCCCNc2ccc(C(=O)NC3C(C)(C)C(Oc4ccc(C#N)c(Cl)c4)C3(C)C)cc2)C(C)(C)C)cc1. The molecule has 0 unspecified atom stereocenters. The Labute approximate surface area is 439 Å². The van der Waals surface area contributed by atoms with Crippen LogP contribution in [0.25, 0.3) is 10.4 Å². The minimum Gasteiger partial charge on any atom is -0.489 e. The molecule has 1 aromatic heterocycles. The molecule has 2 aliphatic rings. The van der Waals surface area contributed by atoms with E-state index in [0.717, 1.165) is 40.2 Å². The van der Waals surface area contributed by atoms with Gasteiger partial charge in [-0.15, -0.1) is 11.3 Å². The van der Waals surface area contributed by atoms with Crippen LogP contribution in [0.15, 0.2) is 72.2 Å². The lowest BCUT2D eigenvalue weighted by atomic mass is 9.49. The van der Waals surface area contributed by atoms with E-state index in [1.165, 1.54) is 4.90 Å². The Morgan fingerprint density at radius 1 is 0.932 bits per heavy atom. The molecule has 4 atom stereocenters. The van der Waals surface area contributed by atoms with Crippen LogP contribution >= 0.6 is 22.9 Å². The number of nitrogens with zero attached hydrogens (tertiary/aromatic N) is 3. The van der Waals surface area contributed by atoms with E-state index in [-0.39, 0.29) is 66.3 Å². The lowest BCUT2D eigenvalue weighted by Gasteiger charge is -2.63. The number of aromatic nitrogens is 1. The van der Waals surface area contributed by atoms with Gasteiger partial charge in [-0.05, 0) is 86.1 Å². The van der Waals surface area contributed by atoms with E-state index in [9.17, 15) is 29.2 Å². The van der Waals surface area contributed by atoms with Crippen LogP contribution in [0, 0.1) is 40.4 Å². The van der Waals surface area contributed by atoms with Gasteiger partial charge in [-0.2, -0.15) is 5.26 Å². The van der Waals surface area contributed by atoms with Gasteiger partial charge >= 0.3 is 5.97 Å². The molecule has 73 heavy (non-hydrogen) atoms. The molecule has 1 aliphatic carbocycles. The van der Waals surface area contributed by atoms with E-state index in [1.54, 1.807) is 55.5 Å². The van der Waals surface area contributed by atoms with Gasteiger partial charge in [0.05, 0.1) is 45.2 Å². The van der Waals surface area contributed by atoms with Gasteiger partial charge in [0.1, 0.15) is 42.7 Å². The van der Waals surface area contributed by atoms with Gasteiger partial charge in [-0.3, -0.25) is 24.0 Å². The number of unbranched alkanes of at least 4 members (excludes halogenated alkanes) is 2. The predicted octanol–water partition coefficient (Wildman–Crippen LogP) is 9.43. The second-order valence-electron chi connectivity index (χ2n) is 21.9. The quantitative estimate of drug-likeness (QED) is 0.0458. The van der Waals surface area contributed by atoms with Gasteiger partial charge in [-0.1, -0.05) is 98.2 Å². The molecule has 1 saturated carbocycles. The van der Waals surface area contributed by atoms with E-state index in [4.69, 9.17) is 25.8 Å². The third-order valence-electron chi connectivity index (χ3n) is 13.9. The van der Waals surface area contributed by atoms with Crippen molar-refractivity contribution in [2.45, 2.75) is 138 Å². The molecule has 17 heteroatoms. The molecular formula is C56H72ClN7O8S. The Bertz CT molecular complexity index is 2620. The lowest BCUT2D eigenvalue weighted by molar-refractivity contribution is -0.164. The standard InChI is InChI=1S/C56H72ClN7O8S/c1-33(2)51(69)71-42-28-44(49(67)61-34(3)36-15-17-37(18-16-36)46-35(4)60-32-73-46)64(30-42)50(68)47(54(5,6)7)62-45(65)31-70-26-14-12-13-25-59-40-22-19-38(20-23-40)48(66)63-52-55(8,9)53(56(52,10)11)72-41-24-21-39(29-58)43(57)27-41/h15-24,27,32-34,42,44,47,52-53,59H,12-14,25-26,28,30-31H2,1-11H3,(H,61,67)(H,62,65)(H,63,66)/t34-,42+,44-,47+,52?,53?/m0/s1. The van der Waals surface area contributed by atoms with Crippen molar-refractivity contribution in [3.05, 3.63) is 99.6 Å². The average Bonchev–Trinajstić information content (AvgIpc) is 3.98. The summed E-state index contributed by atoms with van der Waals surface area (Å²) in [4.78, 5) is 74.7. The second kappa shape index (κ2) is 23.9. The number of carbonyl (C=O) groups excluding carboxylic acids is 5. The number of nitrogens with one attached hydrogen (secondary N) is 4. The molecule has 0 radical (unpaired) electrons. The third-order valence-corrected chi connectivity index (χ3v) is 15.2. The Morgan fingerprint density at radius 2 is 1.62 bits per heavy atom. The maximum absolute atomic E-state index is 14.4. The fourth-order valence-electron chi connectivity index (χ4n) is 10.0. The van der Waals surface area contributed by atoms with Gasteiger partial charge in [0, 0.05) is 53.8 Å². The maximum Gasteiger partial charge on any atom is 0.308 e. The second-order valence-corrected chi connectivity index (χ2v) is 23.1. The zero-order valence-electron chi connectivity index (χ0n) is 44.0. The highest BCUT2D eigenvalue weighted by molar-refractivity contribution is 7.13. The van der Waals surface area contributed by atoms with Crippen molar-refractivity contribution in [3.63, 3.8) is 0 Å². The molecule has 4 N–H and O–H groups in total. The molecule has 0 bridgehead atoms. The Hall–Kier alpha value is -6.02. The first-order chi connectivity index (χ1) is 34.4. The van der Waals surface area contributed by atoms with Crippen molar-refractivity contribution >= 4 is 58.2 Å². The maximum atomic E-state index is 14.4. The smallest absolute Gasteiger partial charge is 0.308 e. The van der Waals surface area contributed by atoms with E-state index < -0.39 is 41.4 Å². The monoisotopic (exact) mass is 1040 g/mol. The number of halogens is 1. The van der Waals surface area contributed by atoms with Crippen molar-refractivity contribution in [2.24, 2.45) is 22.2 Å². The number of likely N-dealkylation sites (tertiary alicyclic amines) is 1. The number of aryl methyl sites for hydroxylation is 1. The molecule has 2 heterocycles. The minimum absolute atomic E-state index is 0.0128. The van der Waals surface area contributed by atoms with Crippen LogP contribution in [-0.4, -0.2) is 96.1 Å². The van der Waals surface area contributed by atoms with Crippen molar-refractivity contribution < 1.29 is 38.2 Å². The number of amides is 4. The highest BCUT2D eigenvalue weighted by Gasteiger charge is 2.64. The van der Waals surface area contributed by atoms with E-state index in [1.807, 2.05) is 76.5 Å². The van der Waals surface area contributed by atoms with Crippen LogP contribution in [0.1, 0.15) is 128 Å². The fraction of sp³-hybridized carbons (Fsp3) is 0.518. The molecule has 4 aromatic rings. The zero-order chi connectivity index (χ0) is 53.4. The first-order valence-electron chi connectivity index (χ1n) is 25.1. The first-order valence-corrected chi connectivity index (χ1v) is 26.4. The number of ether oxygens (including phenoxy) is 3. The largest absolute Gasteiger partial charge is 0.489 e. The fourth-order valence-corrected chi connectivity index (χ4v) is 11.1. The Morgan fingerprint density at radius 3 is 2.22 bits per heavy atom. The van der Waals surface area contributed by atoms with Gasteiger partial charge in [-0.25, -0.2) is 4.98 Å².